The van der Waals surface area contributed by atoms with Gasteiger partial charge < -0.3 is 10.1 Å². The first-order valence-electron chi connectivity index (χ1n) is 7.83. The summed E-state index contributed by atoms with van der Waals surface area (Å²) in [6.07, 6.45) is 4.23. The number of rotatable bonds is 7. The quantitative estimate of drug-likeness (QED) is 0.599. The molecule has 0 aliphatic carbocycles. The molecule has 0 bridgehead atoms. The highest BCUT2D eigenvalue weighted by Gasteiger charge is 2.13. The lowest BCUT2D eigenvalue weighted by atomic mass is 9.89. The van der Waals surface area contributed by atoms with Gasteiger partial charge in [0.2, 0.25) is 5.91 Å². The third kappa shape index (κ3) is 7.25. The summed E-state index contributed by atoms with van der Waals surface area (Å²) in [6, 6.07) is 6.88. The van der Waals surface area contributed by atoms with Crippen LogP contribution >= 0.6 is 0 Å². The van der Waals surface area contributed by atoms with E-state index in [1.807, 2.05) is 0 Å². The molecule has 22 heavy (non-hydrogen) atoms. The second-order valence-electron chi connectivity index (χ2n) is 6.73. The molecule has 1 rings (SSSR count). The molecule has 1 aromatic rings. The van der Waals surface area contributed by atoms with Gasteiger partial charge in [-0.25, -0.2) is 4.79 Å². The van der Waals surface area contributed by atoms with E-state index in [4.69, 9.17) is 4.74 Å². The van der Waals surface area contributed by atoms with Crippen molar-refractivity contribution in [3.8, 4) is 0 Å². The molecule has 0 aromatic heterocycles. The topological polar surface area (TPSA) is 55.4 Å². The Morgan fingerprint density at radius 3 is 2.41 bits per heavy atom. The SMILES string of the molecule is CC(=O)Nc1ccccc1C(=O)OCCCCCC(C)(C)C. The molecule has 0 unspecified atom stereocenters. The second-order valence-corrected chi connectivity index (χ2v) is 6.73. The van der Waals surface area contributed by atoms with Gasteiger partial charge in [-0.2, -0.15) is 0 Å². The maximum Gasteiger partial charge on any atom is 0.340 e. The number of para-hydroxylation sites is 1. The number of ether oxygens (including phenoxy) is 1. The number of nitrogens with one attached hydrogen (secondary N) is 1. The molecule has 0 heterocycles. The van der Waals surface area contributed by atoms with Gasteiger partial charge in [-0.05, 0) is 30.4 Å². The molecule has 0 aliphatic rings. The number of carbonyl (C=O) groups excluding carboxylic acids is 2. The fraction of sp³-hybridized carbons (Fsp3) is 0.556. The van der Waals surface area contributed by atoms with Crippen LogP contribution in [0.2, 0.25) is 0 Å². The van der Waals surface area contributed by atoms with Crippen LogP contribution in [-0.4, -0.2) is 18.5 Å². The predicted octanol–water partition coefficient (Wildman–Crippen LogP) is 4.41. The van der Waals surface area contributed by atoms with E-state index in [1.165, 1.54) is 13.3 Å². The molecule has 0 fully saturated rings. The molecule has 4 heteroatoms. The normalized spacial score (nSPS) is 11.1. The third-order valence-electron chi connectivity index (χ3n) is 3.26. The maximum absolute atomic E-state index is 12.1. The number of hydrogen-bond acceptors (Lipinski definition) is 3. The average molecular weight is 305 g/mol. The van der Waals surface area contributed by atoms with Crippen molar-refractivity contribution in [3.63, 3.8) is 0 Å². The first kappa shape index (κ1) is 18.2. The van der Waals surface area contributed by atoms with Crippen molar-refractivity contribution in [2.75, 3.05) is 11.9 Å². The van der Waals surface area contributed by atoms with Crippen molar-refractivity contribution in [2.45, 2.75) is 53.4 Å². The van der Waals surface area contributed by atoms with E-state index in [0.717, 1.165) is 19.3 Å². The van der Waals surface area contributed by atoms with Crippen LogP contribution in [0.5, 0.6) is 0 Å². The molecule has 4 nitrogen and oxygen atoms in total. The van der Waals surface area contributed by atoms with Gasteiger partial charge in [0.05, 0.1) is 17.9 Å². The van der Waals surface area contributed by atoms with E-state index in [9.17, 15) is 9.59 Å². The van der Waals surface area contributed by atoms with Gasteiger partial charge in [0.1, 0.15) is 0 Å². The zero-order chi connectivity index (χ0) is 16.6. The van der Waals surface area contributed by atoms with E-state index < -0.39 is 0 Å². The molecule has 122 valence electrons. The van der Waals surface area contributed by atoms with Gasteiger partial charge in [0.25, 0.3) is 0 Å². The Kier molecular flexibility index (Phi) is 7.09. The summed E-state index contributed by atoms with van der Waals surface area (Å²) >= 11 is 0. The highest BCUT2D eigenvalue weighted by Crippen LogP contribution is 2.22. The van der Waals surface area contributed by atoms with Gasteiger partial charge in [-0.15, -0.1) is 0 Å². The zero-order valence-electron chi connectivity index (χ0n) is 14.1. The van der Waals surface area contributed by atoms with Crippen LogP contribution < -0.4 is 5.32 Å². The Hall–Kier alpha value is -1.84. The van der Waals surface area contributed by atoms with Crippen LogP contribution in [-0.2, 0) is 9.53 Å². The lowest BCUT2D eigenvalue weighted by Gasteiger charge is -2.17. The summed E-state index contributed by atoms with van der Waals surface area (Å²) in [7, 11) is 0. The summed E-state index contributed by atoms with van der Waals surface area (Å²) in [5.74, 6) is -0.595. The Labute approximate surface area is 133 Å². The number of unbranched alkanes of at least 4 members (excludes halogenated alkanes) is 2. The van der Waals surface area contributed by atoms with Crippen LogP contribution in [0.3, 0.4) is 0 Å². The Morgan fingerprint density at radius 2 is 1.77 bits per heavy atom. The zero-order valence-corrected chi connectivity index (χ0v) is 14.1. The fourth-order valence-electron chi connectivity index (χ4n) is 2.14. The van der Waals surface area contributed by atoms with Crippen molar-refractivity contribution in [1.82, 2.24) is 0 Å². The molecule has 1 N–H and O–H groups in total. The maximum atomic E-state index is 12.1. The van der Waals surface area contributed by atoms with Gasteiger partial charge in [0, 0.05) is 6.92 Å². The highest BCUT2D eigenvalue weighted by molar-refractivity contribution is 6.00. The smallest absolute Gasteiger partial charge is 0.340 e. The molecular formula is C18H27NO3. The molecule has 1 aromatic carbocycles. The summed E-state index contributed by atoms with van der Waals surface area (Å²) in [5.41, 5.74) is 1.24. The minimum Gasteiger partial charge on any atom is -0.462 e. The van der Waals surface area contributed by atoms with E-state index >= 15 is 0 Å². The minimum atomic E-state index is -0.389. The predicted molar refractivity (Wildman–Crippen MR) is 89.0 cm³/mol. The van der Waals surface area contributed by atoms with Crippen LogP contribution in [0.4, 0.5) is 5.69 Å². The summed E-state index contributed by atoms with van der Waals surface area (Å²) in [6.45, 7) is 8.51. The molecule has 1 amide bonds. The van der Waals surface area contributed by atoms with Crippen molar-refractivity contribution in [3.05, 3.63) is 29.8 Å². The first-order valence-corrected chi connectivity index (χ1v) is 7.83. The van der Waals surface area contributed by atoms with Gasteiger partial charge >= 0.3 is 5.97 Å². The third-order valence-corrected chi connectivity index (χ3v) is 3.26. The van der Waals surface area contributed by atoms with Crippen molar-refractivity contribution in [2.24, 2.45) is 5.41 Å². The van der Waals surface area contributed by atoms with E-state index in [1.54, 1.807) is 24.3 Å². The van der Waals surface area contributed by atoms with Gasteiger partial charge in [-0.1, -0.05) is 45.7 Å². The fourth-order valence-corrected chi connectivity index (χ4v) is 2.14. The highest BCUT2D eigenvalue weighted by atomic mass is 16.5. The lowest BCUT2D eigenvalue weighted by Crippen LogP contribution is -2.13. The number of hydrogen-bond donors (Lipinski definition) is 1. The summed E-state index contributed by atoms with van der Waals surface area (Å²) in [5, 5.41) is 2.64. The van der Waals surface area contributed by atoms with Crippen molar-refractivity contribution >= 4 is 17.6 Å². The number of benzene rings is 1. The molecule has 0 saturated heterocycles. The number of esters is 1. The molecule has 0 atom stereocenters. The molecule has 0 saturated carbocycles. The Balaban J connectivity index is 2.38. The van der Waals surface area contributed by atoms with Gasteiger partial charge in [0.15, 0.2) is 0 Å². The molecule has 0 aliphatic heterocycles. The number of anilines is 1. The van der Waals surface area contributed by atoms with E-state index in [2.05, 4.69) is 26.1 Å². The Morgan fingerprint density at radius 1 is 1.09 bits per heavy atom. The molecular weight excluding hydrogens is 278 g/mol. The standard InChI is InChI=1S/C18H27NO3/c1-14(20)19-16-11-7-6-10-15(16)17(21)22-13-9-5-8-12-18(2,3)4/h6-7,10-11H,5,8-9,12-13H2,1-4H3,(H,19,20). The minimum absolute atomic E-state index is 0.206. The summed E-state index contributed by atoms with van der Waals surface area (Å²) in [4.78, 5) is 23.2. The number of amides is 1. The van der Waals surface area contributed by atoms with E-state index in [0.29, 0.717) is 23.3 Å². The van der Waals surface area contributed by atoms with Gasteiger partial charge in [-0.3, -0.25) is 4.79 Å². The molecule has 0 spiro atoms. The molecule has 0 radical (unpaired) electrons. The van der Waals surface area contributed by atoms with Crippen LogP contribution in [0.1, 0.15) is 63.7 Å². The number of carbonyl (C=O) groups is 2. The summed E-state index contributed by atoms with van der Waals surface area (Å²) < 4.78 is 5.29. The van der Waals surface area contributed by atoms with Crippen molar-refractivity contribution in [1.29, 1.82) is 0 Å². The van der Waals surface area contributed by atoms with Crippen molar-refractivity contribution < 1.29 is 14.3 Å². The van der Waals surface area contributed by atoms with Crippen LogP contribution in [0, 0.1) is 5.41 Å². The van der Waals surface area contributed by atoms with E-state index in [-0.39, 0.29) is 11.9 Å². The monoisotopic (exact) mass is 305 g/mol. The average Bonchev–Trinajstić information content (AvgIpc) is 2.41. The lowest BCUT2D eigenvalue weighted by molar-refractivity contribution is -0.114. The first-order chi connectivity index (χ1) is 10.3. The Bertz CT molecular complexity index is 503. The van der Waals surface area contributed by atoms with Crippen LogP contribution in [0.25, 0.3) is 0 Å². The van der Waals surface area contributed by atoms with Crippen LogP contribution in [0.15, 0.2) is 24.3 Å². The largest absolute Gasteiger partial charge is 0.462 e. The second kappa shape index (κ2) is 8.57.